The molecule has 1 heterocycles. The molecule has 1 aromatic rings. The summed E-state index contributed by atoms with van der Waals surface area (Å²) in [5, 5.41) is 6.53. The number of carbonyl (C=O) groups excluding carboxylic acids is 1. The third kappa shape index (κ3) is 2.45. The van der Waals surface area contributed by atoms with Crippen molar-refractivity contribution < 1.29 is 9.53 Å². The number of nitrogens with one attached hydrogen (secondary N) is 1. The molecule has 1 rings (SSSR count). The molecule has 0 unspecified atom stereocenters. The fourth-order valence-electron chi connectivity index (χ4n) is 1.01. The number of carbonyl (C=O) groups is 1. The number of aromatic nitrogens is 2. The molecule has 3 N–H and O–H groups in total. The normalized spacial score (nSPS) is 10.0. The number of rotatable bonds is 3. The summed E-state index contributed by atoms with van der Waals surface area (Å²) < 4.78 is 6.48. The lowest BCUT2D eigenvalue weighted by Gasteiger charge is -1.99. The maximum absolute atomic E-state index is 10.6. The number of hydrogen-bond donors (Lipinski definition) is 2. The minimum atomic E-state index is -0.606. The number of primary amides is 1. The second-order valence-electron chi connectivity index (χ2n) is 2.59. The van der Waals surface area contributed by atoms with Gasteiger partial charge >= 0.3 is 6.03 Å². The zero-order valence-electron chi connectivity index (χ0n) is 7.57. The van der Waals surface area contributed by atoms with Gasteiger partial charge in [-0.25, -0.2) is 4.79 Å². The SMILES string of the molecule is COCc1nn(C)cc1NC(N)=O. The van der Waals surface area contributed by atoms with Crippen molar-refractivity contribution in [1.29, 1.82) is 0 Å². The predicted octanol–water partition coefficient (Wildman–Crippen LogP) is 0.0571. The van der Waals surface area contributed by atoms with Gasteiger partial charge < -0.3 is 15.8 Å². The standard InChI is InChI=1S/C7H12N4O2/c1-11-3-5(9-7(8)12)6(10-11)4-13-2/h3H,4H2,1-2H3,(H3,8,9,12). The van der Waals surface area contributed by atoms with Crippen molar-refractivity contribution in [2.75, 3.05) is 12.4 Å². The van der Waals surface area contributed by atoms with E-state index in [2.05, 4.69) is 10.4 Å². The van der Waals surface area contributed by atoms with Gasteiger partial charge in [0.25, 0.3) is 0 Å². The largest absolute Gasteiger partial charge is 0.378 e. The van der Waals surface area contributed by atoms with Crippen LogP contribution in [0.5, 0.6) is 0 Å². The molecular weight excluding hydrogens is 172 g/mol. The van der Waals surface area contributed by atoms with Crippen molar-refractivity contribution in [1.82, 2.24) is 9.78 Å². The lowest BCUT2D eigenvalue weighted by atomic mass is 10.4. The van der Waals surface area contributed by atoms with Gasteiger partial charge in [0.15, 0.2) is 0 Å². The average Bonchev–Trinajstić information content (AvgIpc) is 2.31. The number of amides is 2. The van der Waals surface area contributed by atoms with E-state index in [4.69, 9.17) is 10.5 Å². The van der Waals surface area contributed by atoms with Gasteiger partial charge in [-0.2, -0.15) is 5.10 Å². The lowest BCUT2D eigenvalue weighted by Crippen LogP contribution is -2.19. The van der Waals surface area contributed by atoms with Gasteiger partial charge in [-0.05, 0) is 0 Å². The molecule has 72 valence electrons. The first kappa shape index (κ1) is 9.53. The van der Waals surface area contributed by atoms with Crippen LogP contribution < -0.4 is 11.1 Å². The number of hydrogen-bond acceptors (Lipinski definition) is 3. The van der Waals surface area contributed by atoms with E-state index in [1.165, 1.54) is 0 Å². The van der Waals surface area contributed by atoms with Crippen LogP contribution in [0.2, 0.25) is 0 Å². The lowest BCUT2D eigenvalue weighted by molar-refractivity contribution is 0.181. The molecule has 0 aliphatic rings. The molecule has 0 saturated heterocycles. The number of urea groups is 1. The van der Waals surface area contributed by atoms with E-state index in [1.54, 1.807) is 25.0 Å². The summed E-state index contributed by atoms with van der Waals surface area (Å²) in [6.07, 6.45) is 1.67. The zero-order chi connectivity index (χ0) is 9.84. The van der Waals surface area contributed by atoms with Gasteiger partial charge in [-0.1, -0.05) is 0 Å². The highest BCUT2D eigenvalue weighted by molar-refractivity contribution is 5.88. The maximum Gasteiger partial charge on any atom is 0.316 e. The smallest absolute Gasteiger partial charge is 0.316 e. The molecular formula is C7H12N4O2. The first-order valence-corrected chi connectivity index (χ1v) is 3.71. The molecule has 0 radical (unpaired) electrons. The van der Waals surface area contributed by atoms with Crippen LogP contribution in [0.3, 0.4) is 0 Å². The summed E-state index contributed by atoms with van der Waals surface area (Å²) in [7, 11) is 3.31. The molecule has 6 heteroatoms. The molecule has 0 bridgehead atoms. The minimum Gasteiger partial charge on any atom is -0.378 e. The van der Waals surface area contributed by atoms with E-state index >= 15 is 0 Å². The van der Waals surface area contributed by atoms with Crippen LogP contribution in [0.4, 0.5) is 10.5 Å². The van der Waals surface area contributed by atoms with Crippen molar-refractivity contribution in [2.45, 2.75) is 6.61 Å². The molecule has 0 saturated carbocycles. The summed E-state index contributed by atoms with van der Waals surface area (Å²) in [5.41, 5.74) is 6.21. The van der Waals surface area contributed by atoms with Gasteiger partial charge in [0, 0.05) is 20.4 Å². The van der Waals surface area contributed by atoms with Crippen molar-refractivity contribution in [3.63, 3.8) is 0 Å². The highest BCUT2D eigenvalue weighted by Gasteiger charge is 2.08. The molecule has 0 aromatic carbocycles. The van der Waals surface area contributed by atoms with Crippen LogP contribution in [-0.4, -0.2) is 22.9 Å². The molecule has 0 fully saturated rings. The Morgan fingerprint density at radius 2 is 2.54 bits per heavy atom. The Kier molecular flexibility index (Phi) is 2.86. The van der Waals surface area contributed by atoms with Gasteiger partial charge in [-0.3, -0.25) is 4.68 Å². The molecule has 1 aromatic heterocycles. The highest BCUT2D eigenvalue weighted by Crippen LogP contribution is 2.13. The van der Waals surface area contributed by atoms with Gasteiger partial charge in [0.1, 0.15) is 5.69 Å². The summed E-state index contributed by atoms with van der Waals surface area (Å²) in [4.78, 5) is 10.6. The first-order valence-electron chi connectivity index (χ1n) is 3.71. The molecule has 0 aliphatic heterocycles. The second-order valence-corrected chi connectivity index (χ2v) is 2.59. The average molecular weight is 184 g/mol. The van der Waals surface area contributed by atoms with Gasteiger partial charge in [0.2, 0.25) is 0 Å². The zero-order valence-corrected chi connectivity index (χ0v) is 7.57. The van der Waals surface area contributed by atoms with Gasteiger partial charge in [0.05, 0.1) is 12.3 Å². The molecule has 0 spiro atoms. The number of anilines is 1. The maximum atomic E-state index is 10.6. The first-order chi connectivity index (χ1) is 6.13. The van der Waals surface area contributed by atoms with E-state index < -0.39 is 6.03 Å². The molecule has 2 amide bonds. The number of nitrogens with zero attached hydrogens (tertiary/aromatic N) is 2. The Hall–Kier alpha value is -1.56. The number of nitrogens with two attached hydrogens (primary N) is 1. The highest BCUT2D eigenvalue weighted by atomic mass is 16.5. The van der Waals surface area contributed by atoms with E-state index in [0.717, 1.165) is 0 Å². The third-order valence-corrected chi connectivity index (χ3v) is 1.44. The van der Waals surface area contributed by atoms with Crippen molar-refractivity contribution in [3.8, 4) is 0 Å². The minimum absolute atomic E-state index is 0.344. The summed E-state index contributed by atoms with van der Waals surface area (Å²) >= 11 is 0. The van der Waals surface area contributed by atoms with Crippen molar-refractivity contribution in [3.05, 3.63) is 11.9 Å². The predicted molar refractivity (Wildman–Crippen MR) is 47.1 cm³/mol. The topological polar surface area (TPSA) is 82.2 Å². The van der Waals surface area contributed by atoms with E-state index in [-0.39, 0.29) is 0 Å². The number of aryl methyl sites for hydroxylation is 1. The molecule has 0 aliphatic carbocycles. The molecule has 0 atom stereocenters. The monoisotopic (exact) mass is 184 g/mol. The van der Waals surface area contributed by atoms with Crippen molar-refractivity contribution in [2.24, 2.45) is 12.8 Å². The van der Waals surface area contributed by atoms with Crippen LogP contribution >= 0.6 is 0 Å². The Balaban J connectivity index is 2.83. The van der Waals surface area contributed by atoms with Crippen molar-refractivity contribution >= 4 is 11.7 Å². The van der Waals surface area contributed by atoms with Crippen LogP contribution in [0.15, 0.2) is 6.20 Å². The van der Waals surface area contributed by atoms with Crippen LogP contribution in [0.1, 0.15) is 5.69 Å². The van der Waals surface area contributed by atoms with Gasteiger partial charge in [-0.15, -0.1) is 0 Å². The number of methoxy groups -OCH3 is 1. The Morgan fingerprint density at radius 1 is 1.85 bits per heavy atom. The molecule has 13 heavy (non-hydrogen) atoms. The summed E-state index contributed by atoms with van der Waals surface area (Å²) in [5.74, 6) is 0. The Bertz CT molecular complexity index is 307. The Morgan fingerprint density at radius 3 is 3.08 bits per heavy atom. The number of ether oxygens (including phenoxy) is 1. The third-order valence-electron chi connectivity index (χ3n) is 1.44. The fraction of sp³-hybridized carbons (Fsp3) is 0.429. The van der Waals surface area contributed by atoms with E-state index in [0.29, 0.717) is 18.0 Å². The van der Waals surface area contributed by atoms with E-state index in [1.807, 2.05) is 0 Å². The Labute approximate surface area is 75.7 Å². The quantitative estimate of drug-likeness (QED) is 0.696. The summed E-state index contributed by atoms with van der Waals surface area (Å²) in [6.45, 7) is 0.344. The fourth-order valence-corrected chi connectivity index (χ4v) is 1.01. The molecule has 6 nitrogen and oxygen atoms in total. The van der Waals surface area contributed by atoms with Crippen LogP contribution in [0, 0.1) is 0 Å². The van der Waals surface area contributed by atoms with Crippen LogP contribution in [0.25, 0.3) is 0 Å². The van der Waals surface area contributed by atoms with E-state index in [9.17, 15) is 4.79 Å². The second kappa shape index (κ2) is 3.90. The summed E-state index contributed by atoms with van der Waals surface area (Å²) in [6, 6.07) is -0.606. The van der Waals surface area contributed by atoms with Crippen LogP contribution in [-0.2, 0) is 18.4 Å².